The smallest absolute Gasteiger partial charge is 0.332 e. The number of hydrogen-bond acceptors (Lipinski definition) is 7. The molecule has 0 fully saturated rings. The number of nitrogens with one attached hydrogen (secondary N) is 2. The van der Waals surface area contributed by atoms with Gasteiger partial charge < -0.3 is 5.32 Å². The van der Waals surface area contributed by atoms with Crippen molar-refractivity contribution in [2.45, 2.75) is 6.92 Å². The molecular formula is C11H10Cl2N6O2. The molecule has 0 radical (unpaired) electrons. The van der Waals surface area contributed by atoms with E-state index >= 15 is 0 Å². The number of aryl methyl sites for hydroxylation is 1. The molecule has 1 aromatic heterocycles. The highest BCUT2D eigenvalue weighted by molar-refractivity contribution is 6.42. The first-order valence-electron chi connectivity index (χ1n) is 5.64. The summed E-state index contributed by atoms with van der Waals surface area (Å²) in [4.78, 5) is 18.4. The second-order valence-corrected chi connectivity index (χ2v) is 4.80. The molecule has 0 atom stereocenters. The fraction of sp³-hybridized carbons (Fsp3) is 0.0909. The Morgan fingerprint density at radius 3 is 2.57 bits per heavy atom. The van der Waals surface area contributed by atoms with E-state index in [9.17, 15) is 10.1 Å². The molecule has 110 valence electrons. The minimum absolute atomic E-state index is 0.00107. The van der Waals surface area contributed by atoms with Crippen molar-refractivity contribution in [1.82, 2.24) is 9.97 Å². The third-order valence-corrected chi connectivity index (χ3v) is 3.29. The van der Waals surface area contributed by atoms with E-state index in [1.807, 2.05) is 0 Å². The van der Waals surface area contributed by atoms with Crippen LogP contribution in [0.15, 0.2) is 18.2 Å². The average molecular weight is 329 g/mol. The third-order valence-electron chi connectivity index (χ3n) is 2.55. The van der Waals surface area contributed by atoms with Crippen molar-refractivity contribution in [2.75, 3.05) is 10.7 Å². The molecule has 0 amide bonds. The second kappa shape index (κ2) is 6.08. The number of aromatic nitrogens is 2. The number of halogens is 2. The molecule has 0 aliphatic carbocycles. The molecule has 0 spiro atoms. The molecule has 21 heavy (non-hydrogen) atoms. The van der Waals surface area contributed by atoms with Gasteiger partial charge in [0.1, 0.15) is 5.69 Å². The van der Waals surface area contributed by atoms with Gasteiger partial charge in [-0.05, 0) is 25.1 Å². The summed E-state index contributed by atoms with van der Waals surface area (Å²) in [6, 6.07) is 4.71. The summed E-state index contributed by atoms with van der Waals surface area (Å²) in [5.41, 5.74) is 2.66. The number of nitro groups is 1. The minimum Gasteiger partial charge on any atom is -0.334 e. The first-order valence-corrected chi connectivity index (χ1v) is 6.39. The van der Waals surface area contributed by atoms with Crippen molar-refractivity contribution in [3.05, 3.63) is 44.1 Å². The molecule has 1 heterocycles. The van der Waals surface area contributed by atoms with Gasteiger partial charge in [-0.2, -0.15) is 4.98 Å². The zero-order valence-electron chi connectivity index (χ0n) is 10.7. The third kappa shape index (κ3) is 3.30. The summed E-state index contributed by atoms with van der Waals surface area (Å²) in [6.07, 6.45) is 0. The fourth-order valence-corrected chi connectivity index (χ4v) is 1.95. The van der Waals surface area contributed by atoms with Crippen LogP contribution in [0.25, 0.3) is 0 Å². The highest BCUT2D eigenvalue weighted by Crippen LogP contribution is 2.31. The molecule has 1 aromatic carbocycles. The lowest BCUT2D eigenvalue weighted by molar-refractivity contribution is -0.385. The zero-order valence-corrected chi connectivity index (χ0v) is 12.2. The normalized spacial score (nSPS) is 10.3. The lowest BCUT2D eigenvalue weighted by Gasteiger charge is -2.10. The Bertz CT molecular complexity index is 709. The standard InChI is InChI=1S/C11H10Cl2N6O2/c1-5-9(19(20)21)10(17-11(15-5)18-14)16-6-2-3-7(12)8(13)4-6/h2-4H,14H2,1H3,(H2,15,16,17,18). The van der Waals surface area contributed by atoms with Gasteiger partial charge in [0.15, 0.2) is 0 Å². The lowest BCUT2D eigenvalue weighted by atomic mass is 10.3. The van der Waals surface area contributed by atoms with E-state index in [4.69, 9.17) is 29.0 Å². The second-order valence-electron chi connectivity index (χ2n) is 3.99. The number of rotatable bonds is 4. The number of nitrogen functional groups attached to an aromatic ring is 1. The van der Waals surface area contributed by atoms with Crippen molar-refractivity contribution < 1.29 is 4.92 Å². The van der Waals surface area contributed by atoms with E-state index < -0.39 is 4.92 Å². The molecule has 0 bridgehead atoms. The van der Waals surface area contributed by atoms with Crippen molar-refractivity contribution in [3.8, 4) is 0 Å². The maximum atomic E-state index is 11.1. The summed E-state index contributed by atoms with van der Waals surface area (Å²) < 4.78 is 0. The zero-order chi connectivity index (χ0) is 15.6. The van der Waals surface area contributed by atoms with Crippen molar-refractivity contribution in [3.63, 3.8) is 0 Å². The first-order chi connectivity index (χ1) is 9.92. The van der Waals surface area contributed by atoms with E-state index in [1.165, 1.54) is 13.0 Å². The summed E-state index contributed by atoms with van der Waals surface area (Å²) in [6.45, 7) is 1.49. The van der Waals surface area contributed by atoms with E-state index in [2.05, 4.69) is 20.7 Å². The van der Waals surface area contributed by atoms with Crippen LogP contribution in [0.4, 0.5) is 23.1 Å². The Kier molecular flexibility index (Phi) is 4.41. The summed E-state index contributed by atoms with van der Waals surface area (Å²) >= 11 is 11.7. The van der Waals surface area contributed by atoms with Gasteiger partial charge in [-0.25, -0.2) is 10.8 Å². The quantitative estimate of drug-likeness (QED) is 0.448. The van der Waals surface area contributed by atoms with Crippen molar-refractivity contribution >= 4 is 46.3 Å². The molecule has 10 heteroatoms. The van der Waals surface area contributed by atoms with Crippen LogP contribution in [-0.2, 0) is 0 Å². The molecule has 0 aliphatic rings. The molecule has 2 aromatic rings. The highest BCUT2D eigenvalue weighted by atomic mass is 35.5. The summed E-state index contributed by atoms with van der Waals surface area (Å²) in [5.74, 6) is 5.30. The number of anilines is 3. The van der Waals surface area contributed by atoms with Crippen LogP contribution in [0, 0.1) is 17.0 Å². The van der Waals surface area contributed by atoms with Crippen LogP contribution in [0.5, 0.6) is 0 Å². The molecule has 0 aliphatic heterocycles. The molecule has 0 saturated carbocycles. The van der Waals surface area contributed by atoms with Gasteiger partial charge in [-0.1, -0.05) is 23.2 Å². The highest BCUT2D eigenvalue weighted by Gasteiger charge is 2.22. The summed E-state index contributed by atoms with van der Waals surface area (Å²) in [7, 11) is 0. The monoisotopic (exact) mass is 328 g/mol. The van der Waals surface area contributed by atoms with E-state index in [-0.39, 0.29) is 23.1 Å². The van der Waals surface area contributed by atoms with E-state index in [0.717, 1.165) is 0 Å². The minimum atomic E-state index is -0.574. The Morgan fingerprint density at radius 2 is 2.00 bits per heavy atom. The van der Waals surface area contributed by atoms with Crippen LogP contribution >= 0.6 is 23.2 Å². The van der Waals surface area contributed by atoms with Crippen LogP contribution in [0.3, 0.4) is 0 Å². The Labute approximate surface area is 129 Å². The maximum Gasteiger partial charge on any atom is 0.332 e. The Balaban J connectivity index is 2.48. The van der Waals surface area contributed by atoms with Gasteiger partial charge >= 0.3 is 5.69 Å². The van der Waals surface area contributed by atoms with E-state index in [1.54, 1.807) is 12.1 Å². The van der Waals surface area contributed by atoms with Crippen molar-refractivity contribution in [2.24, 2.45) is 5.84 Å². The van der Waals surface area contributed by atoms with Gasteiger partial charge in [0.2, 0.25) is 11.8 Å². The van der Waals surface area contributed by atoms with Gasteiger partial charge in [0, 0.05) is 5.69 Å². The number of hydrogen-bond donors (Lipinski definition) is 3. The van der Waals surface area contributed by atoms with E-state index in [0.29, 0.717) is 15.7 Å². The number of nitrogens with two attached hydrogens (primary N) is 1. The van der Waals surface area contributed by atoms with Gasteiger partial charge in [-0.3, -0.25) is 15.5 Å². The predicted octanol–water partition coefficient (Wildman–Crippen LogP) is 3.03. The number of nitrogens with zero attached hydrogens (tertiary/aromatic N) is 3. The molecular weight excluding hydrogens is 319 g/mol. The SMILES string of the molecule is Cc1nc(NN)nc(Nc2ccc(Cl)c(Cl)c2)c1[N+](=O)[O-]. The van der Waals surface area contributed by atoms with Crippen LogP contribution in [0.2, 0.25) is 10.0 Å². The molecule has 0 unspecified atom stereocenters. The Hall–Kier alpha value is -2.16. The van der Waals surface area contributed by atoms with Crippen LogP contribution in [0.1, 0.15) is 5.69 Å². The predicted molar refractivity (Wildman–Crippen MR) is 81.0 cm³/mol. The van der Waals surface area contributed by atoms with Crippen LogP contribution < -0.4 is 16.6 Å². The molecule has 0 saturated heterocycles. The Morgan fingerprint density at radius 1 is 1.29 bits per heavy atom. The van der Waals surface area contributed by atoms with Crippen molar-refractivity contribution in [1.29, 1.82) is 0 Å². The number of benzene rings is 1. The average Bonchev–Trinajstić information content (AvgIpc) is 2.41. The molecule has 8 nitrogen and oxygen atoms in total. The largest absolute Gasteiger partial charge is 0.334 e. The van der Waals surface area contributed by atoms with Gasteiger partial charge in [0.25, 0.3) is 0 Å². The topological polar surface area (TPSA) is 119 Å². The first kappa shape index (κ1) is 15.2. The maximum absolute atomic E-state index is 11.1. The molecule has 4 N–H and O–H groups in total. The van der Waals surface area contributed by atoms with Crippen LogP contribution in [-0.4, -0.2) is 14.9 Å². The molecule has 2 rings (SSSR count). The lowest BCUT2D eigenvalue weighted by Crippen LogP contribution is -2.13. The number of hydrazine groups is 1. The fourth-order valence-electron chi connectivity index (χ4n) is 1.65. The van der Waals surface area contributed by atoms with Gasteiger partial charge in [-0.15, -0.1) is 0 Å². The van der Waals surface area contributed by atoms with Gasteiger partial charge in [0.05, 0.1) is 15.0 Å². The summed E-state index contributed by atoms with van der Waals surface area (Å²) in [5, 5.41) is 14.6.